The highest BCUT2D eigenvalue weighted by Crippen LogP contribution is 2.37. The molecule has 0 aromatic carbocycles. The van der Waals surface area contributed by atoms with Gasteiger partial charge in [-0.05, 0) is 23.7 Å². The number of rotatable bonds is 0. The summed E-state index contributed by atoms with van der Waals surface area (Å²) in [6, 6.07) is 0. The molecule has 1 aliphatic heterocycles. The standard InChI is InChI=1S/C7H12S2/c1-5-4-8-6(2)7(3)9-5/h5H,4H2,1-3H3. The molecule has 1 unspecified atom stereocenters. The molecule has 0 N–H and O–H groups in total. The van der Waals surface area contributed by atoms with E-state index in [4.69, 9.17) is 0 Å². The molecule has 1 aliphatic rings. The summed E-state index contributed by atoms with van der Waals surface area (Å²) in [6.07, 6.45) is 0. The average Bonchev–Trinajstić information content (AvgIpc) is 1.80. The lowest BCUT2D eigenvalue weighted by Gasteiger charge is -2.18. The van der Waals surface area contributed by atoms with Gasteiger partial charge in [-0.15, -0.1) is 23.5 Å². The Morgan fingerprint density at radius 3 is 2.44 bits per heavy atom. The molecular formula is C7H12S2. The maximum absolute atomic E-state index is 2.29. The summed E-state index contributed by atoms with van der Waals surface area (Å²) in [7, 11) is 0. The molecule has 2 heteroatoms. The van der Waals surface area contributed by atoms with Crippen molar-refractivity contribution in [3.05, 3.63) is 9.81 Å². The second kappa shape index (κ2) is 3.02. The monoisotopic (exact) mass is 160 g/mol. The first-order valence-electron chi connectivity index (χ1n) is 3.17. The van der Waals surface area contributed by atoms with Crippen LogP contribution in [0, 0.1) is 0 Å². The lowest BCUT2D eigenvalue weighted by Crippen LogP contribution is -2.04. The lowest BCUT2D eigenvalue weighted by molar-refractivity contribution is 1.13. The van der Waals surface area contributed by atoms with Crippen LogP contribution in [0.3, 0.4) is 0 Å². The number of thioether (sulfide) groups is 2. The Labute approximate surface area is 65.5 Å². The molecule has 0 bridgehead atoms. The zero-order valence-electron chi connectivity index (χ0n) is 6.10. The van der Waals surface area contributed by atoms with Gasteiger partial charge in [-0.3, -0.25) is 0 Å². The fraction of sp³-hybridized carbons (Fsp3) is 0.714. The topological polar surface area (TPSA) is 0 Å². The second-order valence-electron chi connectivity index (χ2n) is 2.35. The van der Waals surface area contributed by atoms with Crippen molar-refractivity contribution in [3.8, 4) is 0 Å². The van der Waals surface area contributed by atoms with Crippen LogP contribution in [-0.2, 0) is 0 Å². The minimum absolute atomic E-state index is 0.818. The van der Waals surface area contributed by atoms with Gasteiger partial charge in [-0.1, -0.05) is 6.92 Å². The van der Waals surface area contributed by atoms with E-state index in [1.54, 1.807) is 0 Å². The molecule has 1 atom stereocenters. The first-order valence-corrected chi connectivity index (χ1v) is 5.03. The summed E-state index contributed by atoms with van der Waals surface area (Å²) in [5.74, 6) is 1.29. The zero-order chi connectivity index (χ0) is 6.85. The van der Waals surface area contributed by atoms with E-state index in [0.717, 1.165) is 5.25 Å². The molecule has 9 heavy (non-hydrogen) atoms. The summed E-state index contributed by atoms with van der Waals surface area (Å²) >= 11 is 4.00. The van der Waals surface area contributed by atoms with Crippen molar-refractivity contribution in [3.63, 3.8) is 0 Å². The molecule has 0 saturated carbocycles. The van der Waals surface area contributed by atoms with Gasteiger partial charge in [0.05, 0.1) is 0 Å². The van der Waals surface area contributed by atoms with Crippen LogP contribution < -0.4 is 0 Å². The van der Waals surface area contributed by atoms with Crippen molar-refractivity contribution >= 4 is 23.5 Å². The van der Waals surface area contributed by atoms with E-state index in [0.29, 0.717) is 0 Å². The van der Waals surface area contributed by atoms with E-state index in [2.05, 4.69) is 20.8 Å². The van der Waals surface area contributed by atoms with Gasteiger partial charge in [0.15, 0.2) is 0 Å². The fourth-order valence-corrected chi connectivity index (χ4v) is 3.02. The minimum Gasteiger partial charge on any atom is -0.129 e. The molecule has 0 spiro atoms. The van der Waals surface area contributed by atoms with Crippen molar-refractivity contribution in [1.29, 1.82) is 0 Å². The van der Waals surface area contributed by atoms with Crippen molar-refractivity contribution in [2.75, 3.05) is 5.75 Å². The van der Waals surface area contributed by atoms with Gasteiger partial charge in [0.1, 0.15) is 0 Å². The fourth-order valence-electron chi connectivity index (χ4n) is 0.763. The van der Waals surface area contributed by atoms with Crippen molar-refractivity contribution in [2.24, 2.45) is 0 Å². The summed E-state index contributed by atoms with van der Waals surface area (Å²) < 4.78 is 0. The normalized spacial score (nSPS) is 29.0. The molecule has 52 valence electrons. The SMILES string of the molecule is CC1=C(C)SC(C)CS1. The van der Waals surface area contributed by atoms with E-state index in [-0.39, 0.29) is 0 Å². The maximum atomic E-state index is 2.29. The zero-order valence-corrected chi connectivity index (χ0v) is 7.73. The maximum Gasteiger partial charge on any atom is 0.0157 e. The first-order chi connectivity index (χ1) is 4.20. The molecule has 0 saturated heterocycles. The minimum atomic E-state index is 0.818. The molecule has 0 nitrogen and oxygen atoms in total. The second-order valence-corrected chi connectivity index (χ2v) is 5.24. The summed E-state index contributed by atoms with van der Waals surface area (Å²) in [5, 5.41) is 0.818. The highest BCUT2D eigenvalue weighted by atomic mass is 32.2. The van der Waals surface area contributed by atoms with Crippen LogP contribution in [0.1, 0.15) is 20.8 Å². The molecule has 0 fully saturated rings. The molecule has 0 amide bonds. The van der Waals surface area contributed by atoms with Gasteiger partial charge in [0.2, 0.25) is 0 Å². The van der Waals surface area contributed by atoms with E-state index >= 15 is 0 Å². The van der Waals surface area contributed by atoms with Crippen molar-refractivity contribution < 1.29 is 0 Å². The predicted octanol–water partition coefficient (Wildman–Crippen LogP) is 3.11. The lowest BCUT2D eigenvalue weighted by atomic mass is 10.5. The molecule has 1 heterocycles. The van der Waals surface area contributed by atoms with Gasteiger partial charge in [-0.25, -0.2) is 0 Å². The van der Waals surface area contributed by atoms with E-state index < -0.39 is 0 Å². The Bertz CT molecular complexity index is 138. The smallest absolute Gasteiger partial charge is 0.0157 e. The Kier molecular flexibility index (Phi) is 2.53. The Hall–Kier alpha value is 0.440. The molecular weight excluding hydrogens is 148 g/mol. The number of hydrogen-bond donors (Lipinski definition) is 0. The van der Waals surface area contributed by atoms with Gasteiger partial charge >= 0.3 is 0 Å². The largest absolute Gasteiger partial charge is 0.129 e. The molecule has 0 aliphatic carbocycles. The van der Waals surface area contributed by atoms with Crippen LogP contribution in [0.15, 0.2) is 9.81 Å². The van der Waals surface area contributed by atoms with Crippen LogP contribution in [0.4, 0.5) is 0 Å². The van der Waals surface area contributed by atoms with E-state index in [1.807, 2.05) is 23.5 Å². The quantitative estimate of drug-likeness (QED) is 0.534. The molecule has 0 radical (unpaired) electrons. The van der Waals surface area contributed by atoms with E-state index in [9.17, 15) is 0 Å². The Morgan fingerprint density at radius 2 is 2.00 bits per heavy atom. The highest BCUT2D eigenvalue weighted by molar-refractivity contribution is 8.10. The van der Waals surface area contributed by atoms with Crippen LogP contribution in [0.2, 0.25) is 0 Å². The van der Waals surface area contributed by atoms with Crippen molar-refractivity contribution in [1.82, 2.24) is 0 Å². The van der Waals surface area contributed by atoms with Crippen LogP contribution >= 0.6 is 23.5 Å². The average molecular weight is 160 g/mol. The summed E-state index contributed by atoms with van der Waals surface area (Å²) in [6.45, 7) is 6.70. The van der Waals surface area contributed by atoms with Crippen LogP contribution in [-0.4, -0.2) is 11.0 Å². The van der Waals surface area contributed by atoms with Gasteiger partial charge in [0, 0.05) is 11.0 Å². The van der Waals surface area contributed by atoms with Gasteiger partial charge < -0.3 is 0 Å². The Morgan fingerprint density at radius 1 is 1.33 bits per heavy atom. The third-order valence-electron chi connectivity index (χ3n) is 1.41. The van der Waals surface area contributed by atoms with E-state index in [1.165, 1.54) is 15.6 Å². The molecule has 0 aromatic rings. The van der Waals surface area contributed by atoms with Gasteiger partial charge in [0.25, 0.3) is 0 Å². The van der Waals surface area contributed by atoms with Crippen LogP contribution in [0.5, 0.6) is 0 Å². The highest BCUT2D eigenvalue weighted by Gasteiger charge is 2.12. The molecule has 1 rings (SSSR count). The van der Waals surface area contributed by atoms with Crippen molar-refractivity contribution in [2.45, 2.75) is 26.0 Å². The Balaban J connectivity index is 2.61. The number of hydrogen-bond acceptors (Lipinski definition) is 2. The summed E-state index contributed by atoms with van der Waals surface area (Å²) in [4.78, 5) is 3.02. The first kappa shape index (κ1) is 7.55. The predicted molar refractivity (Wildman–Crippen MR) is 47.9 cm³/mol. The molecule has 0 aromatic heterocycles. The van der Waals surface area contributed by atoms with Crippen LogP contribution in [0.25, 0.3) is 0 Å². The van der Waals surface area contributed by atoms with Gasteiger partial charge in [-0.2, -0.15) is 0 Å². The third kappa shape index (κ3) is 1.94. The summed E-state index contributed by atoms with van der Waals surface area (Å²) in [5.41, 5.74) is 0. The third-order valence-corrected chi connectivity index (χ3v) is 4.38. The number of allylic oxidation sites excluding steroid dienone is 2.